The van der Waals surface area contributed by atoms with Gasteiger partial charge in [-0.25, -0.2) is 19.2 Å². The molecule has 7 rings (SSSR count). The van der Waals surface area contributed by atoms with Crippen molar-refractivity contribution in [3.8, 4) is 0 Å². The van der Waals surface area contributed by atoms with Crippen molar-refractivity contribution < 1.29 is 28.1 Å². The van der Waals surface area contributed by atoms with Gasteiger partial charge in [-0.05, 0) is 138 Å². The lowest BCUT2D eigenvalue weighted by atomic mass is 9.87. The molecule has 10 nitrogen and oxygen atoms in total. The van der Waals surface area contributed by atoms with Crippen molar-refractivity contribution in [2.75, 3.05) is 44.3 Å². The Bertz CT molecular complexity index is 1720. The van der Waals surface area contributed by atoms with Gasteiger partial charge in [-0.2, -0.15) is 0 Å². The lowest BCUT2D eigenvalue weighted by Gasteiger charge is -2.49. The summed E-state index contributed by atoms with van der Waals surface area (Å²) in [6, 6.07) is 13.5. The molecule has 52 heavy (non-hydrogen) atoms. The highest BCUT2D eigenvalue weighted by Crippen LogP contribution is 2.44. The maximum Gasteiger partial charge on any atom is 0.410 e. The highest BCUT2D eigenvalue weighted by Gasteiger charge is 2.46. The minimum Gasteiger partial charge on any atom is -0.444 e. The predicted octanol–water partition coefficient (Wildman–Crippen LogP) is 7.64. The molecular formula is C40H53FIN5O5. The van der Waals surface area contributed by atoms with Gasteiger partial charge in [0, 0.05) is 59.9 Å². The number of fused-ring (bicyclic) bond motifs is 1. The number of hydrogen-bond donors (Lipinski definition) is 0. The Morgan fingerprint density at radius 1 is 0.981 bits per heavy atom. The number of nitrogens with zero attached hydrogens (tertiary/aromatic N) is 5. The van der Waals surface area contributed by atoms with Crippen LogP contribution in [0.5, 0.6) is 0 Å². The summed E-state index contributed by atoms with van der Waals surface area (Å²) < 4.78 is 41.4. The number of anilines is 1. The molecule has 12 heteroatoms. The van der Waals surface area contributed by atoms with Crippen molar-refractivity contribution in [3.05, 3.63) is 63.1 Å². The molecule has 2 aromatic carbocycles. The summed E-state index contributed by atoms with van der Waals surface area (Å²) in [6.45, 7) is 13.9. The van der Waals surface area contributed by atoms with E-state index in [4.69, 9.17) is 28.9 Å². The Labute approximate surface area is 320 Å². The van der Waals surface area contributed by atoms with E-state index in [0.717, 1.165) is 79.1 Å². The van der Waals surface area contributed by atoms with E-state index in [1.54, 1.807) is 12.1 Å². The molecule has 1 aliphatic carbocycles. The normalized spacial score (nSPS) is 24.9. The van der Waals surface area contributed by atoms with Gasteiger partial charge in [-0.3, -0.25) is 4.90 Å². The van der Waals surface area contributed by atoms with E-state index in [1.165, 1.54) is 6.07 Å². The number of amides is 1. The highest BCUT2D eigenvalue weighted by atomic mass is 127. The third-order valence-electron chi connectivity index (χ3n) is 10.7. The first-order valence-electron chi connectivity index (χ1n) is 19.0. The van der Waals surface area contributed by atoms with Crippen molar-refractivity contribution in [3.63, 3.8) is 0 Å². The summed E-state index contributed by atoms with van der Waals surface area (Å²) in [7, 11) is 0. The van der Waals surface area contributed by atoms with E-state index in [0.29, 0.717) is 36.4 Å². The first-order valence-corrected chi connectivity index (χ1v) is 20.1. The van der Waals surface area contributed by atoms with Gasteiger partial charge in [0.05, 0.1) is 23.9 Å². The standard InChI is InChI=1S/C40H53FIN5O5/c1-26-24-47(38(48)52-39(3,4)5)27(2)23-46(26)31-16-18-45(19-17-31)37-43-34-15-12-30(42)22-33(34)36(44-37)40(51-32-13-14-32,28-9-8-10-29(41)21-28)25-50-35-11-6-7-20-49-35/h8-10,12,15,21-22,26-27,31-32,35H,6-7,11,13-14,16-20,23-25H2,1-5H3/t26-,27+,35?,40?/m0/s1. The quantitative estimate of drug-likeness (QED) is 0.202. The van der Waals surface area contributed by atoms with Crippen LogP contribution >= 0.6 is 22.6 Å². The van der Waals surface area contributed by atoms with Gasteiger partial charge in [0.1, 0.15) is 11.4 Å². The van der Waals surface area contributed by atoms with E-state index in [9.17, 15) is 4.79 Å². The molecule has 2 unspecified atom stereocenters. The molecule has 1 aromatic heterocycles. The van der Waals surface area contributed by atoms with Crippen LogP contribution in [0.15, 0.2) is 42.5 Å². The summed E-state index contributed by atoms with van der Waals surface area (Å²) in [4.78, 5) is 30.2. The van der Waals surface area contributed by atoms with Crippen LogP contribution in [0.4, 0.5) is 15.1 Å². The van der Waals surface area contributed by atoms with Crippen LogP contribution in [0.3, 0.4) is 0 Å². The lowest BCUT2D eigenvalue weighted by Crippen LogP contribution is -2.62. The van der Waals surface area contributed by atoms with E-state index in [2.05, 4.69) is 58.4 Å². The molecule has 1 saturated carbocycles. The van der Waals surface area contributed by atoms with Gasteiger partial charge in [0.25, 0.3) is 0 Å². The monoisotopic (exact) mass is 829 g/mol. The molecule has 4 fully saturated rings. The molecule has 4 atom stereocenters. The lowest BCUT2D eigenvalue weighted by molar-refractivity contribution is -0.197. The third kappa shape index (κ3) is 8.51. The zero-order valence-electron chi connectivity index (χ0n) is 31.2. The molecule has 0 N–H and O–H groups in total. The van der Waals surface area contributed by atoms with Gasteiger partial charge in [-0.15, -0.1) is 0 Å². The maximum atomic E-state index is 15.1. The Hall–Kier alpha value is -2.65. The van der Waals surface area contributed by atoms with E-state index >= 15 is 4.39 Å². The number of carbonyl (C=O) groups is 1. The second-order valence-corrected chi connectivity index (χ2v) is 17.3. The van der Waals surface area contributed by atoms with Gasteiger partial charge < -0.3 is 28.7 Å². The van der Waals surface area contributed by atoms with Crippen LogP contribution in [0.25, 0.3) is 10.9 Å². The van der Waals surface area contributed by atoms with Crippen molar-refractivity contribution in [1.29, 1.82) is 0 Å². The van der Waals surface area contributed by atoms with Crippen LogP contribution in [0.2, 0.25) is 0 Å². The molecule has 4 aliphatic rings. The summed E-state index contributed by atoms with van der Waals surface area (Å²) >= 11 is 2.32. The summed E-state index contributed by atoms with van der Waals surface area (Å²) in [5.74, 6) is 0.313. The molecule has 4 heterocycles. The number of aromatic nitrogens is 2. The van der Waals surface area contributed by atoms with E-state index in [-0.39, 0.29) is 43.0 Å². The maximum absolute atomic E-state index is 15.1. The number of hydrogen-bond acceptors (Lipinski definition) is 9. The molecule has 3 aromatic rings. The average molecular weight is 830 g/mol. The number of piperidine rings is 1. The molecule has 3 aliphatic heterocycles. The number of carbonyl (C=O) groups excluding carboxylic acids is 1. The zero-order chi connectivity index (χ0) is 36.6. The van der Waals surface area contributed by atoms with Crippen LogP contribution in [-0.4, -0.2) is 101 Å². The first-order chi connectivity index (χ1) is 24.9. The van der Waals surface area contributed by atoms with Crippen molar-refractivity contribution in [2.45, 2.75) is 121 Å². The van der Waals surface area contributed by atoms with Crippen LogP contribution in [-0.2, 0) is 24.5 Å². The van der Waals surface area contributed by atoms with Gasteiger partial charge in [0.2, 0.25) is 5.95 Å². The highest BCUT2D eigenvalue weighted by molar-refractivity contribution is 14.1. The summed E-state index contributed by atoms with van der Waals surface area (Å²) in [5.41, 5.74) is 0.486. The number of ether oxygens (including phenoxy) is 4. The Kier molecular flexibility index (Phi) is 11.3. The second-order valence-electron chi connectivity index (χ2n) is 16.0. The minimum atomic E-state index is -1.18. The van der Waals surface area contributed by atoms with Crippen molar-refractivity contribution >= 4 is 45.5 Å². The molecule has 1 amide bonds. The molecule has 3 saturated heterocycles. The van der Waals surface area contributed by atoms with Gasteiger partial charge in [0.15, 0.2) is 11.9 Å². The minimum absolute atomic E-state index is 0.0197. The third-order valence-corrected chi connectivity index (χ3v) is 11.4. The molecule has 0 radical (unpaired) electrons. The average Bonchev–Trinajstić information content (AvgIpc) is 3.94. The predicted molar refractivity (Wildman–Crippen MR) is 207 cm³/mol. The van der Waals surface area contributed by atoms with E-state index < -0.39 is 11.2 Å². The fourth-order valence-electron chi connectivity index (χ4n) is 7.88. The summed E-state index contributed by atoms with van der Waals surface area (Å²) in [6.07, 6.45) is 6.04. The van der Waals surface area contributed by atoms with Gasteiger partial charge in [-0.1, -0.05) is 12.1 Å². The van der Waals surface area contributed by atoms with Crippen LogP contribution < -0.4 is 4.90 Å². The second kappa shape index (κ2) is 15.6. The summed E-state index contributed by atoms with van der Waals surface area (Å²) in [5, 5.41) is 0.870. The smallest absolute Gasteiger partial charge is 0.410 e. The molecule has 0 spiro atoms. The number of benzene rings is 2. The fourth-order valence-corrected chi connectivity index (χ4v) is 8.37. The number of rotatable bonds is 9. The number of halogens is 2. The van der Waals surface area contributed by atoms with Crippen LogP contribution in [0.1, 0.15) is 90.8 Å². The largest absolute Gasteiger partial charge is 0.444 e. The molecule has 0 bridgehead atoms. The number of piperazine rings is 1. The molecular weight excluding hydrogens is 776 g/mol. The van der Waals surface area contributed by atoms with Gasteiger partial charge >= 0.3 is 6.09 Å². The zero-order valence-corrected chi connectivity index (χ0v) is 33.3. The first kappa shape index (κ1) is 37.7. The Morgan fingerprint density at radius 2 is 1.77 bits per heavy atom. The van der Waals surface area contributed by atoms with Crippen molar-refractivity contribution in [1.82, 2.24) is 19.8 Å². The van der Waals surface area contributed by atoms with Crippen LogP contribution in [0, 0.1) is 9.39 Å². The molecule has 282 valence electrons. The fraction of sp³-hybridized carbons (Fsp3) is 0.625. The Morgan fingerprint density at radius 3 is 2.46 bits per heavy atom. The Balaban J connectivity index is 1.18. The van der Waals surface area contributed by atoms with Crippen molar-refractivity contribution in [2.24, 2.45) is 0 Å². The van der Waals surface area contributed by atoms with E-state index in [1.807, 2.05) is 37.8 Å². The topological polar surface area (TPSA) is 89.5 Å². The SMILES string of the molecule is C[C@@H]1CN(C2CCN(c3nc(C(COC4CCCCO4)(OC4CC4)c4cccc(F)c4)c4cc(I)ccc4n3)CC2)[C@@H](C)CN1C(=O)OC(C)(C)C.